The zero-order valence-electron chi connectivity index (χ0n) is 12.7. The Hall–Kier alpha value is -1.23. The summed E-state index contributed by atoms with van der Waals surface area (Å²) < 4.78 is 5.89. The predicted molar refractivity (Wildman–Crippen MR) is 85.1 cm³/mol. The van der Waals surface area contributed by atoms with Crippen LogP contribution in [-0.2, 0) is 0 Å². The van der Waals surface area contributed by atoms with E-state index in [0.717, 1.165) is 18.1 Å². The quantitative estimate of drug-likeness (QED) is 0.844. The van der Waals surface area contributed by atoms with E-state index in [1.165, 1.54) is 17.8 Å². The lowest BCUT2D eigenvalue weighted by Gasteiger charge is -2.19. The summed E-state index contributed by atoms with van der Waals surface area (Å²) in [6, 6.07) is 0. The van der Waals surface area contributed by atoms with E-state index in [1.807, 2.05) is 20.8 Å². The SMILES string of the molecule is CCC(=O)c1sc(N2CCC(C)C2)c(OC(C)C)c1N. The third kappa shape index (κ3) is 2.92. The summed E-state index contributed by atoms with van der Waals surface area (Å²) in [5.41, 5.74) is 6.69. The number of rotatable bonds is 5. The summed E-state index contributed by atoms with van der Waals surface area (Å²) in [7, 11) is 0. The fraction of sp³-hybridized carbons (Fsp3) is 0.667. The fourth-order valence-electron chi connectivity index (χ4n) is 2.46. The van der Waals surface area contributed by atoms with Gasteiger partial charge in [0.25, 0.3) is 0 Å². The molecule has 1 aromatic heterocycles. The van der Waals surface area contributed by atoms with Gasteiger partial charge in [-0.25, -0.2) is 0 Å². The van der Waals surface area contributed by atoms with E-state index in [2.05, 4.69) is 11.8 Å². The van der Waals surface area contributed by atoms with Gasteiger partial charge in [-0.2, -0.15) is 0 Å². The molecule has 5 heteroatoms. The molecule has 2 heterocycles. The lowest BCUT2D eigenvalue weighted by molar-refractivity contribution is 0.0992. The number of thiophene rings is 1. The van der Waals surface area contributed by atoms with Gasteiger partial charge in [-0.05, 0) is 26.2 Å². The van der Waals surface area contributed by atoms with Crippen LogP contribution in [-0.4, -0.2) is 25.0 Å². The van der Waals surface area contributed by atoms with E-state index in [4.69, 9.17) is 10.5 Å². The summed E-state index contributed by atoms with van der Waals surface area (Å²) in [5.74, 6) is 1.48. The number of nitrogens with zero attached hydrogens (tertiary/aromatic N) is 1. The first-order chi connectivity index (χ1) is 9.43. The van der Waals surface area contributed by atoms with Crippen LogP contribution in [0.25, 0.3) is 0 Å². The average molecular weight is 296 g/mol. The van der Waals surface area contributed by atoms with Crippen molar-refractivity contribution >= 4 is 27.8 Å². The van der Waals surface area contributed by atoms with Gasteiger partial charge in [-0.3, -0.25) is 4.79 Å². The minimum atomic E-state index is 0.0512. The number of carbonyl (C=O) groups excluding carboxylic acids is 1. The number of hydrogen-bond acceptors (Lipinski definition) is 5. The monoisotopic (exact) mass is 296 g/mol. The molecule has 0 aliphatic carbocycles. The van der Waals surface area contributed by atoms with Crippen molar-refractivity contribution in [2.75, 3.05) is 23.7 Å². The van der Waals surface area contributed by atoms with Gasteiger partial charge < -0.3 is 15.4 Å². The topological polar surface area (TPSA) is 55.6 Å². The van der Waals surface area contributed by atoms with Gasteiger partial charge in [0.15, 0.2) is 11.5 Å². The molecule has 1 aliphatic rings. The van der Waals surface area contributed by atoms with E-state index >= 15 is 0 Å². The molecule has 1 saturated heterocycles. The van der Waals surface area contributed by atoms with Gasteiger partial charge >= 0.3 is 0 Å². The summed E-state index contributed by atoms with van der Waals surface area (Å²) in [6.45, 7) is 10.1. The Morgan fingerprint density at radius 1 is 1.55 bits per heavy atom. The number of nitrogens with two attached hydrogens (primary N) is 1. The molecule has 0 spiro atoms. The van der Waals surface area contributed by atoms with Gasteiger partial charge in [-0.15, -0.1) is 11.3 Å². The van der Waals surface area contributed by atoms with Gasteiger partial charge in [0.2, 0.25) is 0 Å². The lowest BCUT2D eigenvalue weighted by Crippen LogP contribution is -2.19. The molecular formula is C15H24N2O2S. The number of Topliss-reactive ketones (excluding diaryl/α,β-unsaturated/α-hetero) is 1. The summed E-state index contributed by atoms with van der Waals surface area (Å²) in [6.07, 6.45) is 1.70. The summed E-state index contributed by atoms with van der Waals surface area (Å²) in [5, 5.41) is 1.03. The lowest BCUT2D eigenvalue weighted by atomic mass is 10.2. The molecule has 0 amide bonds. The predicted octanol–water partition coefficient (Wildman–Crippen LogP) is 3.56. The highest BCUT2D eigenvalue weighted by Gasteiger charge is 2.28. The zero-order valence-corrected chi connectivity index (χ0v) is 13.5. The zero-order chi connectivity index (χ0) is 14.9. The molecule has 0 aromatic carbocycles. The van der Waals surface area contributed by atoms with E-state index in [0.29, 0.717) is 28.7 Å². The Bertz CT molecular complexity index is 496. The van der Waals surface area contributed by atoms with Gasteiger partial charge in [-0.1, -0.05) is 13.8 Å². The highest BCUT2D eigenvalue weighted by atomic mass is 32.1. The molecule has 1 fully saturated rings. The van der Waals surface area contributed by atoms with Crippen LogP contribution < -0.4 is 15.4 Å². The Labute approximate surface area is 124 Å². The van der Waals surface area contributed by atoms with E-state index in [-0.39, 0.29) is 11.9 Å². The number of ether oxygens (including phenoxy) is 1. The molecule has 1 atom stereocenters. The third-order valence-electron chi connectivity index (χ3n) is 3.52. The molecule has 0 saturated carbocycles. The van der Waals surface area contributed by atoms with E-state index in [1.54, 1.807) is 0 Å². The van der Waals surface area contributed by atoms with Gasteiger partial charge in [0.1, 0.15) is 5.00 Å². The number of anilines is 2. The molecule has 2 rings (SSSR count). The van der Waals surface area contributed by atoms with Crippen molar-refractivity contribution in [3.8, 4) is 5.75 Å². The van der Waals surface area contributed by atoms with Crippen LogP contribution in [0.15, 0.2) is 0 Å². The van der Waals surface area contributed by atoms with Crippen molar-refractivity contribution in [2.24, 2.45) is 5.92 Å². The minimum Gasteiger partial charge on any atom is -0.486 e. The standard InChI is InChI=1S/C15H24N2O2S/c1-5-11(18)14-12(16)13(19-9(2)3)15(20-14)17-7-6-10(4)8-17/h9-10H,5-8,16H2,1-4H3. The Kier molecular flexibility index (Phi) is 4.58. The summed E-state index contributed by atoms with van der Waals surface area (Å²) >= 11 is 1.49. The number of hydrogen-bond donors (Lipinski definition) is 1. The van der Waals surface area contributed by atoms with Gasteiger partial charge in [0.05, 0.1) is 16.7 Å². The first-order valence-electron chi connectivity index (χ1n) is 7.31. The van der Waals surface area contributed by atoms with Gasteiger partial charge in [0, 0.05) is 19.5 Å². The first kappa shape index (κ1) is 15.2. The van der Waals surface area contributed by atoms with Crippen LogP contribution >= 0.6 is 11.3 Å². The molecule has 4 nitrogen and oxygen atoms in total. The molecule has 2 N–H and O–H groups in total. The Morgan fingerprint density at radius 3 is 2.75 bits per heavy atom. The largest absolute Gasteiger partial charge is 0.486 e. The van der Waals surface area contributed by atoms with Crippen LogP contribution in [0.3, 0.4) is 0 Å². The van der Waals surface area contributed by atoms with Crippen molar-refractivity contribution in [3.05, 3.63) is 4.88 Å². The first-order valence-corrected chi connectivity index (χ1v) is 8.12. The Morgan fingerprint density at radius 2 is 2.25 bits per heavy atom. The van der Waals surface area contributed by atoms with Crippen molar-refractivity contribution in [1.29, 1.82) is 0 Å². The van der Waals surface area contributed by atoms with E-state index < -0.39 is 0 Å². The molecule has 112 valence electrons. The molecule has 1 aliphatic heterocycles. The molecule has 0 radical (unpaired) electrons. The number of carbonyl (C=O) groups is 1. The Balaban J connectivity index is 2.40. The van der Waals surface area contributed by atoms with Crippen LogP contribution in [0.4, 0.5) is 10.7 Å². The maximum atomic E-state index is 12.0. The fourth-order valence-corrected chi connectivity index (χ4v) is 3.66. The second kappa shape index (κ2) is 6.04. The van der Waals surface area contributed by atoms with Crippen LogP contribution in [0.1, 0.15) is 50.2 Å². The van der Waals surface area contributed by atoms with E-state index in [9.17, 15) is 4.79 Å². The van der Waals surface area contributed by atoms with Crippen LogP contribution in [0.2, 0.25) is 0 Å². The minimum absolute atomic E-state index is 0.0512. The normalized spacial score (nSPS) is 18.9. The van der Waals surface area contributed by atoms with Crippen molar-refractivity contribution < 1.29 is 9.53 Å². The van der Waals surface area contributed by atoms with Crippen molar-refractivity contribution in [1.82, 2.24) is 0 Å². The van der Waals surface area contributed by atoms with Crippen LogP contribution in [0, 0.1) is 5.92 Å². The van der Waals surface area contributed by atoms with Crippen LogP contribution in [0.5, 0.6) is 5.75 Å². The highest BCUT2D eigenvalue weighted by Crippen LogP contribution is 2.47. The second-order valence-corrected chi connectivity index (χ2v) is 6.76. The molecule has 20 heavy (non-hydrogen) atoms. The van der Waals surface area contributed by atoms with Crippen molar-refractivity contribution in [2.45, 2.75) is 46.6 Å². The molecule has 1 aromatic rings. The second-order valence-electron chi connectivity index (χ2n) is 5.76. The average Bonchev–Trinajstić information content (AvgIpc) is 2.94. The van der Waals surface area contributed by atoms with Crippen molar-refractivity contribution in [3.63, 3.8) is 0 Å². The molecule has 1 unspecified atom stereocenters. The maximum Gasteiger partial charge on any atom is 0.177 e. The third-order valence-corrected chi connectivity index (χ3v) is 4.81. The smallest absolute Gasteiger partial charge is 0.177 e. The maximum absolute atomic E-state index is 12.0. The highest BCUT2D eigenvalue weighted by molar-refractivity contribution is 7.19. The number of nitrogen functional groups attached to an aromatic ring is 1. The number of ketones is 1. The molecule has 0 bridgehead atoms. The summed E-state index contributed by atoms with van der Waals surface area (Å²) in [4.78, 5) is 15.0. The molecular weight excluding hydrogens is 272 g/mol.